The fraction of sp³-hybridized carbons (Fsp3) is 0.900. The summed E-state index contributed by atoms with van der Waals surface area (Å²) in [6, 6.07) is -0.850. The second kappa shape index (κ2) is 27.4. The summed E-state index contributed by atoms with van der Waals surface area (Å²) in [5.41, 5.74) is 5.32. The molecule has 232 valence electrons. The van der Waals surface area contributed by atoms with Gasteiger partial charge >= 0.3 is 7.82 Å². The molecule has 0 fully saturated rings. The van der Waals surface area contributed by atoms with Crippen LogP contribution in [0, 0.1) is 0 Å². The van der Waals surface area contributed by atoms with Gasteiger partial charge in [-0.15, -0.1) is 0 Å². The average Bonchev–Trinajstić information content (AvgIpc) is 2.91. The molecule has 3 atom stereocenters. The highest BCUT2D eigenvalue weighted by Gasteiger charge is 2.26. The van der Waals surface area contributed by atoms with E-state index in [1.165, 1.54) is 83.5 Å². The molecule has 5 N–H and O–H groups in total. The summed E-state index contributed by atoms with van der Waals surface area (Å²) >= 11 is 0. The number of phosphoric ester groups is 1. The summed E-state index contributed by atoms with van der Waals surface area (Å²) in [5, 5.41) is 13.5. The van der Waals surface area contributed by atoms with Crippen LogP contribution in [0.3, 0.4) is 0 Å². The molecule has 0 aliphatic rings. The summed E-state index contributed by atoms with van der Waals surface area (Å²) in [6.45, 7) is 4.07. The molecule has 0 aromatic heterocycles. The second-order valence-electron chi connectivity index (χ2n) is 10.7. The molecule has 9 heteroatoms. The zero-order valence-corrected chi connectivity index (χ0v) is 26.0. The lowest BCUT2D eigenvalue weighted by atomic mass is 10.1. The number of carbonyl (C=O) groups is 1. The molecule has 0 saturated heterocycles. The number of unbranched alkanes of at least 4 members (excludes halogenated alkanes) is 17. The Morgan fingerprint density at radius 3 is 1.82 bits per heavy atom. The molecule has 0 heterocycles. The van der Waals surface area contributed by atoms with E-state index in [0.29, 0.717) is 6.42 Å². The monoisotopic (exact) mass is 576 g/mol. The molecule has 0 saturated carbocycles. The van der Waals surface area contributed by atoms with E-state index in [4.69, 9.17) is 14.8 Å². The number of aliphatic hydroxyl groups excluding tert-OH is 1. The minimum absolute atomic E-state index is 0.0804. The molecule has 0 spiro atoms. The van der Waals surface area contributed by atoms with Crippen LogP contribution in [0.5, 0.6) is 0 Å². The molecule has 0 bridgehead atoms. The van der Waals surface area contributed by atoms with E-state index in [2.05, 4.69) is 19.2 Å². The highest BCUT2D eigenvalue weighted by molar-refractivity contribution is 7.47. The van der Waals surface area contributed by atoms with Gasteiger partial charge in [-0.25, -0.2) is 4.57 Å². The van der Waals surface area contributed by atoms with E-state index in [1.807, 2.05) is 6.08 Å². The van der Waals surface area contributed by atoms with E-state index < -0.39 is 20.0 Å². The van der Waals surface area contributed by atoms with Crippen LogP contribution in [0.2, 0.25) is 0 Å². The van der Waals surface area contributed by atoms with Gasteiger partial charge in [0.25, 0.3) is 0 Å². The highest BCUT2D eigenvalue weighted by Crippen LogP contribution is 2.43. The zero-order chi connectivity index (χ0) is 29.0. The maximum atomic E-state index is 12.6. The Labute approximate surface area is 239 Å². The summed E-state index contributed by atoms with van der Waals surface area (Å²) in [5.74, 6) is -0.200. The number of allylic oxidation sites excluding steroid dienone is 1. The van der Waals surface area contributed by atoms with Gasteiger partial charge in [0.1, 0.15) is 0 Å². The van der Waals surface area contributed by atoms with Crippen LogP contribution in [-0.2, 0) is 18.4 Å². The number of nitrogens with one attached hydrogen (secondary N) is 1. The topological polar surface area (TPSA) is 131 Å². The molecule has 0 rings (SSSR count). The zero-order valence-electron chi connectivity index (χ0n) is 25.1. The third-order valence-corrected chi connectivity index (χ3v) is 7.85. The molecular formula is C30H61N2O6P. The van der Waals surface area contributed by atoms with Crippen molar-refractivity contribution in [2.75, 3.05) is 19.8 Å². The standard InChI is InChI=1S/C30H61N2O6P/c1-3-5-7-9-11-13-15-17-19-21-23-29(33)28(27-38-39(35,36)37-26-25-31)32-30(34)24-22-20-18-16-14-12-10-8-6-4-2/h21,23,28-29,33H,3-20,22,24-27,31H2,1-2H3,(H,32,34)(H,35,36)/b23-21+. The summed E-state index contributed by atoms with van der Waals surface area (Å²) in [7, 11) is -4.31. The number of aliphatic hydroxyl groups is 1. The first-order chi connectivity index (χ1) is 18.9. The van der Waals surface area contributed by atoms with E-state index in [0.717, 1.165) is 38.5 Å². The van der Waals surface area contributed by atoms with Crippen LogP contribution in [0.15, 0.2) is 12.2 Å². The molecule has 0 aromatic rings. The number of carbonyl (C=O) groups excluding carboxylic acids is 1. The Morgan fingerprint density at radius 1 is 0.821 bits per heavy atom. The number of phosphoric acid groups is 1. The lowest BCUT2D eigenvalue weighted by Crippen LogP contribution is -2.45. The Morgan fingerprint density at radius 2 is 1.31 bits per heavy atom. The van der Waals surface area contributed by atoms with Crippen molar-refractivity contribution in [3.63, 3.8) is 0 Å². The first-order valence-corrected chi connectivity index (χ1v) is 17.3. The van der Waals surface area contributed by atoms with Crippen molar-refractivity contribution in [3.05, 3.63) is 12.2 Å². The lowest BCUT2D eigenvalue weighted by molar-refractivity contribution is -0.123. The Balaban J connectivity index is 4.45. The van der Waals surface area contributed by atoms with Gasteiger partial charge in [0, 0.05) is 13.0 Å². The quantitative estimate of drug-likeness (QED) is 0.0417. The molecule has 3 unspecified atom stereocenters. The van der Waals surface area contributed by atoms with Gasteiger partial charge in [-0.1, -0.05) is 129 Å². The summed E-state index contributed by atoms with van der Waals surface area (Å²) < 4.78 is 21.9. The van der Waals surface area contributed by atoms with Gasteiger partial charge in [0.05, 0.1) is 25.4 Å². The highest BCUT2D eigenvalue weighted by atomic mass is 31.2. The van der Waals surface area contributed by atoms with Gasteiger partial charge in [0.2, 0.25) is 5.91 Å². The molecule has 8 nitrogen and oxygen atoms in total. The van der Waals surface area contributed by atoms with Crippen molar-refractivity contribution >= 4 is 13.7 Å². The molecule has 0 aliphatic carbocycles. The first-order valence-electron chi connectivity index (χ1n) is 15.8. The normalized spacial score (nSPS) is 14.9. The number of nitrogens with two attached hydrogens (primary N) is 1. The fourth-order valence-electron chi connectivity index (χ4n) is 4.42. The van der Waals surface area contributed by atoms with Gasteiger partial charge in [0.15, 0.2) is 0 Å². The van der Waals surface area contributed by atoms with Crippen LogP contribution in [0.25, 0.3) is 0 Å². The first kappa shape index (κ1) is 38.2. The van der Waals surface area contributed by atoms with Gasteiger partial charge in [-0.05, 0) is 19.3 Å². The third-order valence-electron chi connectivity index (χ3n) is 6.86. The van der Waals surface area contributed by atoms with E-state index in [9.17, 15) is 19.4 Å². The SMILES string of the molecule is CCCCCCCCCC/C=C/C(O)C(COP(=O)(O)OCCN)NC(=O)CCCCCCCCCCCC. The van der Waals surface area contributed by atoms with E-state index in [1.54, 1.807) is 6.08 Å². The summed E-state index contributed by atoms with van der Waals surface area (Å²) in [4.78, 5) is 22.4. The van der Waals surface area contributed by atoms with Crippen LogP contribution >= 0.6 is 7.82 Å². The van der Waals surface area contributed by atoms with Crippen molar-refractivity contribution in [3.8, 4) is 0 Å². The Bertz CT molecular complexity index is 635. The van der Waals surface area contributed by atoms with Crippen LogP contribution < -0.4 is 11.1 Å². The van der Waals surface area contributed by atoms with Crippen molar-refractivity contribution in [1.82, 2.24) is 5.32 Å². The molecule has 0 aliphatic heterocycles. The van der Waals surface area contributed by atoms with Gasteiger partial charge in [-0.3, -0.25) is 13.8 Å². The van der Waals surface area contributed by atoms with E-state index in [-0.39, 0.29) is 25.7 Å². The number of hydrogen-bond acceptors (Lipinski definition) is 6. The predicted molar refractivity (Wildman–Crippen MR) is 162 cm³/mol. The largest absolute Gasteiger partial charge is 0.472 e. The fourth-order valence-corrected chi connectivity index (χ4v) is 5.18. The number of hydrogen-bond donors (Lipinski definition) is 4. The Hall–Kier alpha value is -0.760. The lowest BCUT2D eigenvalue weighted by Gasteiger charge is -2.23. The van der Waals surface area contributed by atoms with Gasteiger partial charge < -0.3 is 21.1 Å². The third kappa shape index (κ3) is 25.9. The number of rotatable bonds is 29. The Kier molecular flexibility index (Phi) is 26.9. The molecule has 0 aromatic carbocycles. The molecular weight excluding hydrogens is 515 g/mol. The van der Waals surface area contributed by atoms with Crippen LogP contribution in [0.4, 0.5) is 0 Å². The molecule has 0 radical (unpaired) electrons. The average molecular weight is 577 g/mol. The van der Waals surface area contributed by atoms with Crippen molar-refractivity contribution in [2.45, 2.75) is 154 Å². The molecule has 1 amide bonds. The van der Waals surface area contributed by atoms with Crippen LogP contribution in [-0.4, -0.2) is 47.8 Å². The minimum Gasteiger partial charge on any atom is -0.387 e. The van der Waals surface area contributed by atoms with Crippen LogP contribution in [0.1, 0.15) is 142 Å². The van der Waals surface area contributed by atoms with Crippen molar-refractivity contribution in [1.29, 1.82) is 0 Å². The van der Waals surface area contributed by atoms with E-state index >= 15 is 0 Å². The van der Waals surface area contributed by atoms with Crippen molar-refractivity contribution < 1.29 is 28.4 Å². The number of amides is 1. The predicted octanol–water partition coefficient (Wildman–Crippen LogP) is 7.32. The maximum Gasteiger partial charge on any atom is 0.472 e. The minimum atomic E-state index is -4.31. The molecule has 39 heavy (non-hydrogen) atoms. The summed E-state index contributed by atoms with van der Waals surface area (Å²) in [6.07, 6.45) is 25.4. The smallest absolute Gasteiger partial charge is 0.387 e. The maximum absolute atomic E-state index is 12.6. The second-order valence-corrected chi connectivity index (χ2v) is 12.1. The van der Waals surface area contributed by atoms with Crippen molar-refractivity contribution in [2.24, 2.45) is 5.73 Å². The van der Waals surface area contributed by atoms with Gasteiger partial charge in [-0.2, -0.15) is 0 Å².